The van der Waals surface area contributed by atoms with E-state index in [4.69, 9.17) is 5.11 Å². The summed E-state index contributed by atoms with van der Waals surface area (Å²) in [5.74, 6) is 0. The van der Waals surface area contributed by atoms with Gasteiger partial charge in [-0.15, -0.1) is 0 Å². The zero-order valence-electron chi connectivity index (χ0n) is 10.5. The monoisotopic (exact) mass is 294 g/mol. The maximum Gasteiger partial charge on any atom is 0.305 e. The summed E-state index contributed by atoms with van der Waals surface area (Å²) in [6.45, 7) is 2.08. The van der Waals surface area contributed by atoms with Crippen LogP contribution >= 0.6 is 11.3 Å². The van der Waals surface area contributed by atoms with Crippen molar-refractivity contribution in [1.82, 2.24) is 9.29 Å². The Kier molecular flexibility index (Phi) is 5.51. The van der Waals surface area contributed by atoms with E-state index in [9.17, 15) is 13.2 Å². The molecule has 0 bridgehead atoms. The highest BCUT2D eigenvalue weighted by atomic mass is 32.2. The van der Waals surface area contributed by atoms with Gasteiger partial charge in [-0.25, -0.2) is 12.7 Å². The van der Waals surface area contributed by atoms with Crippen LogP contribution in [0.1, 0.15) is 25.0 Å². The first-order valence-electron chi connectivity index (χ1n) is 5.66. The summed E-state index contributed by atoms with van der Waals surface area (Å²) in [7, 11) is -2.08. The minimum Gasteiger partial charge on any atom is -0.396 e. The zero-order chi connectivity index (χ0) is 13.8. The molecule has 0 unspecified atom stereocenters. The molecule has 1 heterocycles. The molecule has 8 heteroatoms. The summed E-state index contributed by atoms with van der Waals surface area (Å²) in [4.78, 5) is 13.2. The first-order valence-corrected chi connectivity index (χ1v) is 7.92. The molecule has 0 aromatic carbocycles. The Balaban J connectivity index is 2.74. The van der Waals surface area contributed by atoms with E-state index in [1.165, 1.54) is 11.4 Å². The fourth-order valence-electron chi connectivity index (χ4n) is 1.52. The Labute approximate surface area is 110 Å². The van der Waals surface area contributed by atoms with Gasteiger partial charge in [0.05, 0.1) is 0 Å². The van der Waals surface area contributed by atoms with Crippen LogP contribution in [0.25, 0.3) is 0 Å². The van der Waals surface area contributed by atoms with Crippen molar-refractivity contribution in [2.24, 2.45) is 0 Å². The molecule has 0 atom stereocenters. The third kappa shape index (κ3) is 3.64. The molecule has 0 fully saturated rings. The number of unbranched alkanes of at least 4 members (excludes halogenated alkanes) is 2. The lowest BCUT2D eigenvalue weighted by Crippen LogP contribution is -2.27. The fraction of sp³-hybridized carbons (Fsp3) is 0.700. The second kappa shape index (κ2) is 6.46. The molecule has 1 aromatic heterocycles. The number of nitrogens with one attached hydrogen (secondary N) is 1. The molecule has 0 radical (unpaired) electrons. The largest absolute Gasteiger partial charge is 0.396 e. The molecule has 0 amide bonds. The van der Waals surface area contributed by atoms with Gasteiger partial charge in [0, 0.05) is 25.9 Å². The number of hydrogen-bond donors (Lipinski definition) is 2. The Morgan fingerprint density at radius 1 is 1.33 bits per heavy atom. The fourth-order valence-corrected chi connectivity index (χ4v) is 4.22. The number of sulfonamides is 1. The first kappa shape index (κ1) is 15.4. The number of aryl methyl sites for hydroxylation is 1. The average Bonchev–Trinajstić information content (AvgIpc) is 2.64. The standard InChI is InChI=1S/C10H18N2O4S2/c1-8-9(17-10(14)11-8)18(15,16)12(2)6-4-3-5-7-13/h13H,3-7H2,1-2H3,(H,11,14). The number of hydrogen-bond acceptors (Lipinski definition) is 5. The molecule has 0 aliphatic rings. The summed E-state index contributed by atoms with van der Waals surface area (Å²) in [6.07, 6.45) is 2.14. The number of aliphatic hydroxyl groups excluding tert-OH is 1. The number of H-pyrrole nitrogens is 1. The van der Waals surface area contributed by atoms with Crippen molar-refractivity contribution in [2.45, 2.75) is 30.4 Å². The van der Waals surface area contributed by atoms with Gasteiger partial charge < -0.3 is 10.1 Å². The second-order valence-electron chi connectivity index (χ2n) is 4.04. The maximum absolute atomic E-state index is 12.2. The van der Waals surface area contributed by atoms with Crippen molar-refractivity contribution in [3.63, 3.8) is 0 Å². The van der Waals surface area contributed by atoms with E-state index < -0.39 is 10.0 Å². The van der Waals surface area contributed by atoms with Gasteiger partial charge >= 0.3 is 4.87 Å². The third-order valence-electron chi connectivity index (χ3n) is 2.56. The van der Waals surface area contributed by atoms with Gasteiger partial charge in [-0.05, 0) is 26.2 Å². The Morgan fingerprint density at radius 3 is 2.50 bits per heavy atom. The number of rotatable bonds is 7. The van der Waals surface area contributed by atoms with E-state index >= 15 is 0 Å². The lowest BCUT2D eigenvalue weighted by atomic mass is 10.2. The van der Waals surface area contributed by atoms with Crippen molar-refractivity contribution in [3.05, 3.63) is 15.4 Å². The summed E-state index contributed by atoms with van der Waals surface area (Å²) in [6, 6.07) is 0. The van der Waals surface area contributed by atoms with Crippen LogP contribution in [-0.4, -0.2) is 43.0 Å². The van der Waals surface area contributed by atoms with Crippen LogP contribution in [0, 0.1) is 6.92 Å². The Hall–Kier alpha value is -0.700. The molecule has 0 aliphatic carbocycles. The van der Waals surface area contributed by atoms with E-state index in [0.717, 1.165) is 6.42 Å². The summed E-state index contributed by atoms with van der Waals surface area (Å²) in [5, 5.41) is 8.64. The van der Waals surface area contributed by atoms with Crippen molar-refractivity contribution < 1.29 is 13.5 Å². The van der Waals surface area contributed by atoms with Crippen LogP contribution in [0.2, 0.25) is 0 Å². The van der Waals surface area contributed by atoms with Gasteiger partial charge in [0.15, 0.2) is 4.21 Å². The highest BCUT2D eigenvalue weighted by Gasteiger charge is 2.25. The van der Waals surface area contributed by atoms with E-state index in [1.54, 1.807) is 6.92 Å². The number of aliphatic hydroxyl groups is 1. The molecule has 6 nitrogen and oxygen atoms in total. The molecule has 0 saturated carbocycles. The maximum atomic E-state index is 12.2. The molecule has 0 aliphatic heterocycles. The van der Waals surface area contributed by atoms with Crippen LogP contribution < -0.4 is 4.87 Å². The molecular weight excluding hydrogens is 276 g/mol. The predicted molar refractivity (Wildman–Crippen MR) is 70.4 cm³/mol. The van der Waals surface area contributed by atoms with Crippen LogP contribution in [0.5, 0.6) is 0 Å². The quantitative estimate of drug-likeness (QED) is 0.718. The van der Waals surface area contributed by atoms with E-state index in [0.29, 0.717) is 36.4 Å². The average molecular weight is 294 g/mol. The van der Waals surface area contributed by atoms with E-state index in [1.807, 2.05) is 0 Å². The summed E-state index contributed by atoms with van der Waals surface area (Å²) < 4.78 is 25.6. The van der Waals surface area contributed by atoms with Gasteiger partial charge in [-0.1, -0.05) is 11.3 Å². The van der Waals surface area contributed by atoms with Crippen molar-refractivity contribution in [1.29, 1.82) is 0 Å². The first-order chi connectivity index (χ1) is 8.39. The molecule has 0 saturated heterocycles. The van der Waals surface area contributed by atoms with E-state index in [-0.39, 0.29) is 15.7 Å². The van der Waals surface area contributed by atoms with Crippen molar-refractivity contribution >= 4 is 21.4 Å². The third-order valence-corrected chi connectivity index (χ3v) is 6.00. The molecule has 2 N–H and O–H groups in total. The highest BCUT2D eigenvalue weighted by molar-refractivity contribution is 7.91. The summed E-state index contributed by atoms with van der Waals surface area (Å²) in [5.41, 5.74) is 0.382. The second-order valence-corrected chi connectivity index (χ2v) is 7.26. The zero-order valence-corrected chi connectivity index (χ0v) is 12.1. The van der Waals surface area contributed by atoms with Gasteiger partial charge in [0.1, 0.15) is 0 Å². The number of thiazole rings is 1. The molecular formula is C10H18N2O4S2. The lowest BCUT2D eigenvalue weighted by molar-refractivity contribution is 0.281. The summed E-state index contributed by atoms with van der Waals surface area (Å²) >= 11 is 0.713. The lowest BCUT2D eigenvalue weighted by Gasteiger charge is -2.15. The number of aromatic nitrogens is 1. The van der Waals surface area contributed by atoms with Gasteiger partial charge in [-0.3, -0.25) is 4.79 Å². The Bertz CT molecular complexity index is 532. The van der Waals surface area contributed by atoms with Crippen LogP contribution in [0.3, 0.4) is 0 Å². The molecule has 1 aromatic rings. The molecule has 104 valence electrons. The normalized spacial score (nSPS) is 12.2. The SMILES string of the molecule is Cc1[nH]c(=O)sc1S(=O)(=O)N(C)CCCCCO. The minimum atomic E-state index is -3.58. The smallest absolute Gasteiger partial charge is 0.305 e. The number of aromatic amines is 1. The molecule has 1 rings (SSSR count). The van der Waals surface area contributed by atoms with Gasteiger partial charge in [0.25, 0.3) is 10.0 Å². The van der Waals surface area contributed by atoms with E-state index in [2.05, 4.69) is 4.98 Å². The van der Waals surface area contributed by atoms with Crippen molar-refractivity contribution in [2.75, 3.05) is 20.2 Å². The Morgan fingerprint density at radius 2 is 2.00 bits per heavy atom. The topological polar surface area (TPSA) is 90.5 Å². The predicted octanol–water partition coefficient (Wildman–Crippen LogP) is 0.528. The molecule has 0 spiro atoms. The van der Waals surface area contributed by atoms with Crippen molar-refractivity contribution in [3.8, 4) is 0 Å². The molecule has 18 heavy (non-hydrogen) atoms. The van der Waals surface area contributed by atoms with Gasteiger partial charge in [-0.2, -0.15) is 0 Å². The number of nitrogens with zero attached hydrogens (tertiary/aromatic N) is 1. The van der Waals surface area contributed by atoms with Crippen LogP contribution in [0.4, 0.5) is 0 Å². The van der Waals surface area contributed by atoms with Gasteiger partial charge in [0.2, 0.25) is 0 Å². The van der Waals surface area contributed by atoms with Crippen LogP contribution in [-0.2, 0) is 10.0 Å². The highest BCUT2D eigenvalue weighted by Crippen LogP contribution is 2.20. The minimum absolute atomic E-state index is 0.0807. The van der Waals surface area contributed by atoms with Crippen LogP contribution in [0.15, 0.2) is 9.00 Å².